The van der Waals surface area contributed by atoms with Gasteiger partial charge in [-0.05, 0) is 13.0 Å². The van der Waals surface area contributed by atoms with Crippen LogP contribution in [0.5, 0.6) is 0 Å². The largest absolute Gasteiger partial charge is 0.418 e. The second kappa shape index (κ2) is 4.89. The fourth-order valence-electron chi connectivity index (χ4n) is 1.41. The van der Waals surface area contributed by atoms with Crippen LogP contribution >= 0.6 is 11.6 Å². The molecule has 0 aliphatic heterocycles. The first kappa shape index (κ1) is 14.4. The summed E-state index contributed by atoms with van der Waals surface area (Å²) in [5.41, 5.74) is 2.61. The van der Waals surface area contributed by atoms with E-state index in [0.717, 1.165) is 0 Å². The Balaban J connectivity index is 3.61. The average Bonchev–Trinajstić information content (AvgIpc) is 2.21. The minimum atomic E-state index is -4.80. The van der Waals surface area contributed by atoms with Gasteiger partial charge in [-0.15, -0.1) is 0 Å². The summed E-state index contributed by atoms with van der Waals surface area (Å²) in [6, 6.07) is 0.577. The minimum Gasteiger partial charge on any atom is -0.397 e. The predicted octanol–water partition coefficient (Wildman–Crippen LogP) is 3.28. The summed E-state index contributed by atoms with van der Waals surface area (Å²) >= 11 is 5.44. The molecular weight excluding hydrogens is 275 g/mol. The van der Waals surface area contributed by atoms with Gasteiger partial charge in [0.2, 0.25) is 0 Å². The molecule has 9 heteroatoms. The molecule has 100 valence electrons. The first-order valence-corrected chi connectivity index (χ1v) is 5.15. The Morgan fingerprint density at radius 2 is 2.11 bits per heavy atom. The summed E-state index contributed by atoms with van der Waals surface area (Å²) in [5, 5.41) is 12.4. The number of anilines is 2. The van der Waals surface area contributed by atoms with Crippen molar-refractivity contribution >= 4 is 28.7 Å². The van der Waals surface area contributed by atoms with Gasteiger partial charge in [0, 0.05) is 6.54 Å². The number of nitrogens with one attached hydrogen (secondary N) is 1. The highest BCUT2D eigenvalue weighted by Gasteiger charge is 2.38. The molecule has 0 saturated heterocycles. The third-order valence-electron chi connectivity index (χ3n) is 2.11. The van der Waals surface area contributed by atoms with Crippen LogP contribution in [0.25, 0.3) is 0 Å². The standard InChI is InChI=1S/C9H9ClF3N3O2/c1-2-15-7-5(14)3-4(9(11,12)13)6(10)8(7)16(17)18/h3,15H,2,14H2,1H3. The summed E-state index contributed by atoms with van der Waals surface area (Å²) in [6.45, 7) is 1.88. The lowest BCUT2D eigenvalue weighted by Crippen LogP contribution is -2.12. The highest BCUT2D eigenvalue weighted by molar-refractivity contribution is 6.34. The maximum Gasteiger partial charge on any atom is 0.418 e. The maximum atomic E-state index is 12.6. The van der Waals surface area contributed by atoms with Gasteiger partial charge in [0.05, 0.1) is 16.2 Å². The highest BCUT2D eigenvalue weighted by atomic mass is 35.5. The number of alkyl halides is 3. The molecule has 18 heavy (non-hydrogen) atoms. The number of nitrogens with zero attached hydrogens (tertiary/aromatic N) is 1. The third kappa shape index (κ3) is 2.58. The molecule has 0 bridgehead atoms. The molecule has 0 spiro atoms. The number of halogens is 4. The van der Waals surface area contributed by atoms with Crippen molar-refractivity contribution in [2.75, 3.05) is 17.6 Å². The van der Waals surface area contributed by atoms with E-state index in [0.29, 0.717) is 6.07 Å². The van der Waals surface area contributed by atoms with E-state index in [-0.39, 0.29) is 17.9 Å². The smallest absolute Gasteiger partial charge is 0.397 e. The van der Waals surface area contributed by atoms with Gasteiger partial charge in [-0.25, -0.2) is 0 Å². The molecule has 5 nitrogen and oxygen atoms in total. The van der Waals surface area contributed by atoms with Crippen molar-refractivity contribution in [3.63, 3.8) is 0 Å². The van der Waals surface area contributed by atoms with Crippen LogP contribution in [-0.2, 0) is 6.18 Å². The van der Waals surface area contributed by atoms with E-state index in [4.69, 9.17) is 17.3 Å². The molecule has 0 heterocycles. The number of rotatable bonds is 3. The molecule has 1 rings (SSSR count). The monoisotopic (exact) mass is 283 g/mol. The average molecular weight is 284 g/mol. The number of nitro benzene ring substituents is 1. The predicted molar refractivity (Wildman–Crippen MR) is 61.7 cm³/mol. The van der Waals surface area contributed by atoms with E-state index < -0.39 is 27.4 Å². The van der Waals surface area contributed by atoms with Gasteiger partial charge < -0.3 is 11.1 Å². The fraction of sp³-hybridized carbons (Fsp3) is 0.333. The maximum absolute atomic E-state index is 12.6. The van der Waals surface area contributed by atoms with Crippen molar-refractivity contribution in [3.05, 3.63) is 26.8 Å². The first-order chi connectivity index (χ1) is 8.20. The van der Waals surface area contributed by atoms with Gasteiger partial charge >= 0.3 is 11.9 Å². The van der Waals surface area contributed by atoms with Crippen molar-refractivity contribution in [1.82, 2.24) is 0 Å². The number of nitrogen functional groups attached to an aromatic ring is 1. The van der Waals surface area contributed by atoms with Gasteiger partial charge in [-0.2, -0.15) is 13.2 Å². The zero-order chi connectivity index (χ0) is 14.1. The molecule has 0 radical (unpaired) electrons. The molecule has 0 aliphatic rings. The third-order valence-corrected chi connectivity index (χ3v) is 2.49. The summed E-state index contributed by atoms with van der Waals surface area (Å²) in [5.74, 6) is 0. The Kier molecular flexibility index (Phi) is 3.90. The van der Waals surface area contributed by atoms with Gasteiger partial charge in [0.1, 0.15) is 10.7 Å². The van der Waals surface area contributed by atoms with Crippen LogP contribution in [0.4, 0.5) is 30.2 Å². The number of nitro groups is 1. The van der Waals surface area contributed by atoms with Gasteiger partial charge in [0.25, 0.3) is 0 Å². The van der Waals surface area contributed by atoms with Crippen LogP contribution in [0.1, 0.15) is 12.5 Å². The van der Waals surface area contributed by atoms with Crippen LogP contribution < -0.4 is 11.1 Å². The van der Waals surface area contributed by atoms with Crippen molar-refractivity contribution in [3.8, 4) is 0 Å². The van der Waals surface area contributed by atoms with E-state index in [2.05, 4.69) is 5.32 Å². The summed E-state index contributed by atoms with van der Waals surface area (Å²) in [6.07, 6.45) is -4.80. The quantitative estimate of drug-likeness (QED) is 0.507. The lowest BCUT2D eigenvalue weighted by atomic mass is 10.1. The van der Waals surface area contributed by atoms with E-state index in [9.17, 15) is 23.3 Å². The van der Waals surface area contributed by atoms with Crippen molar-refractivity contribution in [1.29, 1.82) is 0 Å². The molecule has 0 amide bonds. The van der Waals surface area contributed by atoms with Crippen LogP contribution in [0, 0.1) is 10.1 Å². The molecule has 1 aromatic rings. The molecule has 0 fully saturated rings. The molecule has 0 saturated carbocycles. The first-order valence-electron chi connectivity index (χ1n) is 4.77. The molecular formula is C9H9ClF3N3O2. The van der Waals surface area contributed by atoms with Gasteiger partial charge in [-0.1, -0.05) is 11.6 Å². The minimum absolute atomic E-state index is 0.208. The lowest BCUT2D eigenvalue weighted by Gasteiger charge is -2.14. The lowest BCUT2D eigenvalue weighted by molar-refractivity contribution is -0.384. The number of benzene rings is 1. The molecule has 0 unspecified atom stereocenters. The molecule has 0 aromatic heterocycles. The summed E-state index contributed by atoms with van der Waals surface area (Å²) in [4.78, 5) is 9.81. The fourth-order valence-corrected chi connectivity index (χ4v) is 1.73. The Labute approximate surface area is 105 Å². The van der Waals surface area contributed by atoms with Crippen molar-refractivity contribution < 1.29 is 18.1 Å². The molecule has 0 atom stereocenters. The Morgan fingerprint density at radius 1 is 1.56 bits per heavy atom. The normalized spacial score (nSPS) is 11.4. The van der Waals surface area contributed by atoms with Crippen LogP contribution in [-0.4, -0.2) is 11.5 Å². The number of nitrogens with two attached hydrogens (primary N) is 1. The van der Waals surface area contributed by atoms with E-state index in [1.54, 1.807) is 6.92 Å². The zero-order valence-electron chi connectivity index (χ0n) is 9.14. The van der Waals surface area contributed by atoms with Crippen LogP contribution in [0.15, 0.2) is 6.07 Å². The zero-order valence-corrected chi connectivity index (χ0v) is 9.89. The molecule has 1 aromatic carbocycles. The highest BCUT2D eigenvalue weighted by Crippen LogP contribution is 2.45. The number of hydrogen-bond donors (Lipinski definition) is 2. The van der Waals surface area contributed by atoms with E-state index in [1.807, 2.05) is 0 Å². The Hall–Kier alpha value is -1.70. The van der Waals surface area contributed by atoms with Crippen molar-refractivity contribution in [2.24, 2.45) is 0 Å². The Morgan fingerprint density at radius 3 is 2.50 bits per heavy atom. The SMILES string of the molecule is CCNc1c(N)cc(C(F)(F)F)c(Cl)c1[N+](=O)[O-]. The van der Waals surface area contributed by atoms with E-state index in [1.165, 1.54) is 0 Å². The summed E-state index contributed by atoms with van der Waals surface area (Å²) < 4.78 is 37.8. The van der Waals surface area contributed by atoms with Gasteiger partial charge in [0.15, 0.2) is 0 Å². The second-order valence-electron chi connectivity index (χ2n) is 3.34. The molecule has 3 N–H and O–H groups in total. The van der Waals surface area contributed by atoms with Crippen LogP contribution in [0.3, 0.4) is 0 Å². The Bertz CT molecular complexity index is 491. The molecule has 0 aliphatic carbocycles. The van der Waals surface area contributed by atoms with E-state index >= 15 is 0 Å². The number of hydrogen-bond acceptors (Lipinski definition) is 4. The second-order valence-corrected chi connectivity index (χ2v) is 3.71. The topological polar surface area (TPSA) is 81.2 Å². The van der Waals surface area contributed by atoms with Gasteiger partial charge in [-0.3, -0.25) is 10.1 Å². The van der Waals surface area contributed by atoms with Crippen molar-refractivity contribution in [2.45, 2.75) is 13.1 Å². The van der Waals surface area contributed by atoms with Crippen LogP contribution in [0.2, 0.25) is 5.02 Å². The summed E-state index contributed by atoms with van der Waals surface area (Å²) in [7, 11) is 0.